The maximum absolute atomic E-state index is 13.8. The Morgan fingerprint density at radius 1 is 1.17 bits per heavy atom. The molecule has 2 heterocycles. The van der Waals surface area contributed by atoms with E-state index in [0.29, 0.717) is 12.5 Å². The fourth-order valence-electron chi connectivity index (χ4n) is 3.59. The van der Waals surface area contributed by atoms with Crippen molar-refractivity contribution in [2.24, 2.45) is 0 Å². The summed E-state index contributed by atoms with van der Waals surface area (Å²) >= 11 is 5.52. The number of aromatic nitrogens is 2. The minimum atomic E-state index is -5.14. The SMILES string of the molecule is CCCCOC(=O)N1CCC(c2nc(C(F)(F)F)c(Oc3ccc(Cl)c(C(F)(F)F)c3)c(=O)[nH]2)CC1. The van der Waals surface area contributed by atoms with E-state index in [1.807, 2.05) is 6.92 Å². The number of nitrogens with one attached hydrogen (secondary N) is 1. The van der Waals surface area contributed by atoms with Crippen LogP contribution < -0.4 is 10.3 Å². The van der Waals surface area contributed by atoms with Crippen LogP contribution in [-0.4, -0.2) is 40.7 Å². The summed E-state index contributed by atoms with van der Waals surface area (Å²) < 4.78 is 90.6. The van der Waals surface area contributed by atoms with Crippen molar-refractivity contribution < 1.29 is 40.6 Å². The molecule has 14 heteroatoms. The molecule has 3 rings (SSSR count). The summed E-state index contributed by atoms with van der Waals surface area (Å²) in [5.41, 5.74) is -4.32. The van der Waals surface area contributed by atoms with E-state index in [2.05, 4.69) is 9.97 Å². The molecule has 36 heavy (non-hydrogen) atoms. The number of hydrogen-bond acceptors (Lipinski definition) is 5. The van der Waals surface area contributed by atoms with Crippen molar-refractivity contribution in [3.05, 3.63) is 50.7 Å². The van der Waals surface area contributed by atoms with Gasteiger partial charge < -0.3 is 19.4 Å². The molecular weight excluding hydrogens is 520 g/mol. The third-order valence-corrected chi connectivity index (χ3v) is 5.82. The van der Waals surface area contributed by atoms with Crippen molar-refractivity contribution in [3.8, 4) is 11.5 Å². The Labute approximate surface area is 206 Å². The molecule has 1 amide bonds. The molecule has 0 aliphatic carbocycles. The van der Waals surface area contributed by atoms with Gasteiger partial charge in [-0.3, -0.25) is 4.79 Å². The van der Waals surface area contributed by atoms with Gasteiger partial charge in [-0.1, -0.05) is 24.9 Å². The topological polar surface area (TPSA) is 84.5 Å². The van der Waals surface area contributed by atoms with E-state index in [-0.39, 0.29) is 38.4 Å². The Morgan fingerprint density at radius 2 is 1.83 bits per heavy atom. The second kappa shape index (κ2) is 11.0. The number of H-pyrrole nitrogens is 1. The number of ether oxygens (including phenoxy) is 2. The van der Waals surface area contributed by atoms with Gasteiger partial charge in [0, 0.05) is 19.0 Å². The Kier molecular flexibility index (Phi) is 8.42. The first-order valence-electron chi connectivity index (χ1n) is 11.0. The van der Waals surface area contributed by atoms with Gasteiger partial charge in [-0.2, -0.15) is 26.3 Å². The normalized spacial score (nSPS) is 15.2. The summed E-state index contributed by atoms with van der Waals surface area (Å²) in [6.45, 7) is 2.57. The number of hydrogen-bond donors (Lipinski definition) is 1. The molecule has 1 aromatic heterocycles. The van der Waals surface area contributed by atoms with Crippen LogP contribution in [0.3, 0.4) is 0 Å². The van der Waals surface area contributed by atoms with Crippen molar-refractivity contribution in [3.63, 3.8) is 0 Å². The zero-order valence-electron chi connectivity index (χ0n) is 18.9. The van der Waals surface area contributed by atoms with Gasteiger partial charge >= 0.3 is 18.4 Å². The summed E-state index contributed by atoms with van der Waals surface area (Å²) in [4.78, 5) is 31.9. The van der Waals surface area contributed by atoms with E-state index in [9.17, 15) is 35.9 Å². The van der Waals surface area contributed by atoms with Gasteiger partial charge in [0.15, 0.2) is 5.69 Å². The predicted octanol–water partition coefficient (Wildman–Crippen LogP) is 6.37. The first-order valence-corrected chi connectivity index (χ1v) is 11.4. The highest BCUT2D eigenvalue weighted by Gasteiger charge is 2.40. The molecule has 0 unspecified atom stereocenters. The van der Waals surface area contributed by atoms with Crippen molar-refractivity contribution >= 4 is 17.7 Å². The van der Waals surface area contributed by atoms with E-state index in [0.717, 1.165) is 18.6 Å². The zero-order valence-corrected chi connectivity index (χ0v) is 19.7. The first-order chi connectivity index (χ1) is 16.8. The molecule has 0 spiro atoms. The van der Waals surface area contributed by atoms with Crippen LogP contribution in [0, 0.1) is 0 Å². The summed E-state index contributed by atoms with van der Waals surface area (Å²) in [6.07, 6.45) is -8.57. The van der Waals surface area contributed by atoms with Gasteiger partial charge in [-0.05, 0) is 37.5 Å². The van der Waals surface area contributed by atoms with Crippen LogP contribution in [0.5, 0.6) is 11.5 Å². The van der Waals surface area contributed by atoms with Crippen LogP contribution in [0.4, 0.5) is 31.1 Å². The van der Waals surface area contributed by atoms with Crippen molar-refractivity contribution in [2.75, 3.05) is 19.7 Å². The second-order valence-electron chi connectivity index (χ2n) is 8.10. The zero-order chi connectivity index (χ0) is 26.7. The highest BCUT2D eigenvalue weighted by molar-refractivity contribution is 6.31. The molecule has 0 bridgehead atoms. The number of unbranched alkanes of at least 4 members (excludes halogenated alkanes) is 1. The number of amides is 1. The van der Waals surface area contributed by atoms with Crippen LogP contribution in [0.25, 0.3) is 0 Å². The van der Waals surface area contributed by atoms with E-state index in [1.54, 1.807) is 0 Å². The molecule has 1 fully saturated rings. The van der Waals surface area contributed by atoms with E-state index in [4.69, 9.17) is 21.1 Å². The standard InChI is InChI=1S/C22H22ClF6N3O4/c1-2-3-10-35-20(34)32-8-6-12(7-9-32)18-30-17(22(27,28)29)16(19(33)31-18)36-13-4-5-15(23)14(11-13)21(24,25)26/h4-5,11-12H,2-3,6-10H2,1H3,(H,30,31,33). The molecule has 2 aromatic rings. The lowest BCUT2D eigenvalue weighted by Gasteiger charge is -2.31. The van der Waals surface area contributed by atoms with Gasteiger partial charge in [0.05, 0.1) is 17.2 Å². The average molecular weight is 542 g/mol. The number of aromatic amines is 1. The molecule has 1 aromatic carbocycles. The van der Waals surface area contributed by atoms with Gasteiger partial charge in [0.25, 0.3) is 5.56 Å². The average Bonchev–Trinajstić information content (AvgIpc) is 2.80. The van der Waals surface area contributed by atoms with Crippen LogP contribution in [0.1, 0.15) is 55.6 Å². The van der Waals surface area contributed by atoms with E-state index >= 15 is 0 Å². The van der Waals surface area contributed by atoms with Crippen LogP contribution in [0.15, 0.2) is 23.0 Å². The number of alkyl halides is 6. The fraction of sp³-hybridized carbons (Fsp3) is 0.500. The molecular formula is C22H22ClF6N3O4. The maximum atomic E-state index is 13.8. The molecule has 0 radical (unpaired) electrons. The third kappa shape index (κ3) is 6.62. The highest BCUT2D eigenvalue weighted by atomic mass is 35.5. The number of nitrogens with zero attached hydrogens (tertiary/aromatic N) is 2. The molecule has 1 aliphatic heterocycles. The lowest BCUT2D eigenvalue weighted by molar-refractivity contribution is -0.142. The number of benzene rings is 1. The number of piperidine rings is 1. The molecule has 7 nitrogen and oxygen atoms in total. The minimum absolute atomic E-state index is 0.184. The van der Waals surface area contributed by atoms with Gasteiger partial charge in [0.2, 0.25) is 5.75 Å². The van der Waals surface area contributed by atoms with Crippen LogP contribution in [-0.2, 0) is 17.1 Å². The van der Waals surface area contributed by atoms with Gasteiger partial charge in [0.1, 0.15) is 11.6 Å². The van der Waals surface area contributed by atoms with Crippen LogP contribution >= 0.6 is 11.6 Å². The molecule has 1 saturated heterocycles. The van der Waals surface area contributed by atoms with Gasteiger partial charge in [-0.15, -0.1) is 0 Å². The summed E-state index contributed by atoms with van der Waals surface area (Å²) in [5, 5.41) is -0.686. The molecule has 1 aliphatic rings. The number of rotatable bonds is 6. The lowest BCUT2D eigenvalue weighted by Crippen LogP contribution is -2.39. The third-order valence-electron chi connectivity index (χ3n) is 5.49. The van der Waals surface area contributed by atoms with Gasteiger partial charge in [-0.25, -0.2) is 9.78 Å². The maximum Gasteiger partial charge on any atom is 0.437 e. The summed E-state index contributed by atoms with van der Waals surface area (Å²) in [7, 11) is 0. The second-order valence-corrected chi connectivity index (χ2v) is 8.50. The Balaban J connectivity index is 1.84. The number of halogens is 7. The molecule has 1 N–H and O–H groups in total. The number of likely N-dealkylation sites (tertiary alicyclic amines) is 1. The highest BCUT2D eigenvalue weighted by Crippen LogP contribution is 2.40. The number of carbonyl (C=O) groups excluding carboxylic acids is 1. The monoisotopic (exact) mass is 541 g/mol. The molecule has 0 atom stereocenters. The Hall–Kier alpha value is -2.96. The fourth-order valence-corrected chi connectivity index (χ4v) is 3.82. The molecule has 0 saturated carbocycles. The van der Waals surface area contributed by atoms with Crippen molar-refractivity contribution in [2.45, 2.75) is 50.9 Å². The number of carbonyl (C=O) groups is 1. The minimum Gasteiger partial charge on any atom is -0.449 e. The molecule has 198 valence electrons. The lowest BCUT2D eigenvalue weighted by atomic mass is 9.96. The largest absolute Gasteiger partial charge is 0.449 e. The summed E-state index contributed by atoms with van der Waals surface area (Å²) in [5.74, 6) is -2.82. The summed E-state index contributed by atoms with van der Waals surface area (Å²) in [6, 6.07) is 2.09. The predicted molar refractivity (Wildman–Crippen MR) is 116 cm³/mol. The first kappa shape index (κ1) is 27.6. The van der Waals surface area contributed by atoms with Crippen molar-refractivity contribution in [1.29, 1.82) is 0 Å². The Bertz CT molecular complexity index is 1140. The van der Waals surface area contributed by atoms with E-state index < -0.39 is 57.7 Å². The van der Waals surface area contributed by atoms with Crippen molar-refractivity contribution in [1.82, 2.24) is 14.9 Å². The van der Waals surface area contributed by atoms with E-state index in [1.165, 1.54) is 4.90 Å². The van der Waals surface area contributed by atoms with Crippen LogP contribution in [0.2, 0.25) is 5.02 Å². The quantitative estimate of drug-likeness (QED) is 0.339. The smallest absolute Gasteiger partial charge is 0.437 e. The Morgan fingerprint density at radius 3 is 2.42 bits per heavy atom.